The maximum absolute atomic E-state index is 13.9. The zero-order valence-corrected chi connectivity index (χ0v) is 18.5. The minimum Gasteiger partial charge on any atom is -0.344 e. The number of rotatable bonds is 5. The van der Waals surface area contributed by atoms with Gasteiger partial charge in [0.05, 0.1) is 11.3 Å². The van der Waals surface area contributed by atoms with E-state index in [2.05, 4.69) is 10.6 Å². The number of benzene rings is 1. The Morgan fingerprint density at radius 2 is 1.81 bits per heavy atom. The van der Waals surface area contributed by atoms with E-state index in [0.29, 0.717) is 35.5 Å². The molecule has 1 aromatic carbocycles. The predicted octanol–water partition coefficient (Wildman–Crippen LogP) is 4.10. The van der Waals surface area contributed by atoms with Crippen molar-refractivity contribution in [1.82, 2.24) is 9.88 Å². The lowest BCUT2D eigenvalue weighted by molar-refractivity contribution is -0.122. The van der Waals surface area contributed by atoms with Gasteiger partial charge in [-0.15, -0.1) is 0 Å². The van der Waals surface area contributed by atoms with Crippen molar-refractivity contribution >= 4 is 23.3 Å². The summed E-state index contributed by atoms with van der Waals surface area (Å²) in [6.07, 6.45) is 2.61. The minimum atomic E-state index is -1.34. The van der Waals surface area contributed by atoms with Gasteiger partial charge in [-0.1, -0.05) is 0 Å². The number of amides is 2. The molecule has 2 heterocycles. The fourth-order valence-electron chi connectivity index (χ4n) is 5.09. The van der Waals surface area contributed by atoms with E-state index in [9.17, 15) is 23.2 Å². The second-order valence-corrected chi connectivity index (χ2v) is 9.53. The monoisotopic (exact) mass is 443 g/mol. The maximum atomic E-state index is 13.9. The molecule has 0 atom stereocenters. The van der Waals surface area contributed by atoms with Crippen LogP contribution in [0.5, 0.6) is 0 Å². The number of halogens is 2. The first-order valence-corrected chi connectivity index (χ1v) is 10.8. The van der Waals surface area contributed by atoms with Gasteiger partial charge in [0.25, 0.3) is 17.6 Å². The van der Waals surface area contributed by atoms with Crippen molar-refractivity contribution < 1.29 is 23.2 Å². The van der Waals surface area contributed by atoms with E-state index < -0.39 is 28.8 Å². The second-order valence-electron chi connectivity index (χ2n) is 9.53. The van der Waals surface area contributed by atoms with E-state index >= 15 is 0 Å². The maximum Gasteiger partial charge on any atom is 0.294 e. The molecule has 2 aliphatic rings. The van der Waals surface area contributed by atoms with Crippen molar-refractivity contribution in [3.63, 3.8) is 0 Å². The molecule has 0 bridgehead atoms. The van der Waals surface area contributed by atoms with E-state index in [1.54, 1.807) is 18.4 Å². The van der Waals surface area contributed by atoms with Crippen molar-refractivity contribution in [2.45, 2.75) is 70.6 Å². The Morgan fingerprint density at radius 3 is 2.47 bits per heavy atom. The molecule has 2 aromatic rings. The number of aromatic nitrogens is 1. The second kappa shape index (κ2) is 7.83. The highest BCUT2D eigenvalue weighted by Crippen LogP contribution is 2.43. The number of carbonyl (C=O) groups is 3. The first-order chi connectivity index (χ1) is 15.0. The molecular formula is C24H27F2N3O3. The molecule has 0 spiro atoms. The van der Waals surface area contributed by atoms with E-state index in [0.717, 1.165) is 12.8 Å². The average molecular weight is 443 g/mol. The summed E-state index contributed by atoms with van der Waals surface area (Å²) < 4.78 is 29.2. The normalized spacial score (nSPS) is 24.3. The summed E-state index contributed by atoms with van der Waals surface area (Å²) in [6, 6.07) is 5.74. The van der Waals surface area contributed by atoms with E-state index in [1.807, 2.05) is 0 Å². The Morgan fingerprint density at radius 1 is 1.09 bits per heavy atom. The molecule has 4 rings (SSSR count). The van der Waals surface area contributed by atoms with Gasteiger partial charge < -0.3 is 15.2 Å². The molecule has 170 valence electrons. The zero-order chi connectivity index (χ0) is 23.3. The minimum absolute atomic E-state index is 0.149. The van der Waals surface area contributed by atoms with Gasteiger partial charge >= 0.3 is 0 Å². The number of nitrogens with one attached hydrogen (secondary N) is 2. The number of fused-ring (bicyclic) bond motifs is 1. The Hall–Kier alpha value is -3.03. The zero-order valence-electron chi connectivity index (χ0n) is 18.5. The third-order valence-corrected chi connectivity index (χ3v) is 6.29. The van der Waals surface area contributed by atoms with Gasteiger partial charge in [0, 0.05) is 36.3 Å². The molecule has 1 aliphatic heterocycles. The van der Waals surface area contributed by atoms with Crippen LogP contribution in [0.15, 0.2) is 24.3 Å². The lowest BCUT2D eigenvalue weighted by Gasteiger charge is -2.48. The predicted molar refractivity (Wildman–Crippen MR) is 116 cm³/mol. The van der Waals surface area contributed by atoms with Gasteiger partial charge in [-0.05, 0) is 69.9 Å². The largest absolute Gasteiger partial charge is 0.344 e. The van der Waals surface area contributed by atoms with Gasteiger partial charge in [-0.2, -0.15) is 0 Å². The molecule has 1 saturated carbocycles. The summed E-state index contributed by atoms with van der Waals surface area (Å²) in [6.45, 7) is 5.33. The van der Waals surface area contributed by atoms with Crippen molar-refractivity contribution in [2.75, 3.05) is 5.32 Å². The van der Waals surface area contributed by atoms with Crippen LogP contribution in [0.25, 0.3) is 0 Å². The number of nitrogens with zero attached hydrogens (tertiary/aromatic N) is 1. The van der Waals surface area contributed by atoms with E-state index in [1.165, 1.54) is 31.2 Å². The number of alkyl halides is 1. The summed E-state index contributed by atoms with van der Waals surface area (Å²) in [5, 5.41) is 5.42. The number of anilines is 1. The molecule has 1 fully saturated rings. The smallest absolute Gasteiger partial charge is 0.294 e. The number of carbonyl (C=O) groups excluding carboxylic acids is 3. The quantitative estimate of drug-likeness (QED) is 0.539. The van der Waals surface area contributed by atoms with Crippen LogP contribution >= 0.6 is 0 Å². The third-order valence-electron chi connectivity index (χ3n) is 6.29. The van der Waals surface area contributed by atoms with Crippen molar-refractivity contribution in [3.8, 4) is 0 Å². The first kappa shape index (κ1) is 22.2. The summed E-state index contributed by atoms with van der Waals surface area (Å²) in [5.74, 6) is -2.31. The van der Waals surface area contributed by atoms with Crippen LogP contribution in [0.3, 0.4) is 0 Å². The molecule has 2 amide bonds. The third kappa shape index (κ3) is 4.18. The van der Waals surface area contributed by atoms with Crippen LogP contribution in [-0.2, 0) is 17.8 Å². The molecule has 0 saturated heterocycles. The molecule has 1 aromatic heterocycles. The van der Waals surface area contributed by atoms with Crippen molar-refractivity contribution in [1.29, 1.82) is 0 Å². The highest BCUT2D eigenvalue weighted by Gasteiger charge is 2.51. The highest BCUT2D eigenvalue weighted by molar-refractivity contribution is 6.42. The Kier molecular flexibility index (Phi) is 5.43. The Balaban J connectivity index is 1.57. The number of hydrogen-bond donors (Lipinski definition) is 2. The van der Waals surface area contributed by atoms with Gasteiger partial charge in [-0.3, -0.25) is 14.4 Å². The standard InChI is InChI=1S/C24H27F2N3O3/c1-14-10-15(7-8-17(14)25)27-21(31)16-11-19(29-9-5-4-6-18(16)29)20(30)22(32)28-24(3)12-23(2,26)13-24/h7-8,10-11H,4-6,9,12-13H2,1-3H3,(H,27,31)(H,28,32). The fourth-order valence-corrected chi connectivity index (χ4v) is 5.09. The summed E-state index contributed by atoms with van der Waals surface area (Å²) >= 11 is 0. The van der Waals surface area contributed by atoms with Crippen LogP contribution < -0.4 is 10.6 Å². The van der Waals surface area contributed by atoms with Crippen LogP contribution in [-0.4, -0.2) is 33.4 Å². The summed E-state index contributed by atoms with van der Waals surface area (Å²) in [7, 11) is 0. The van der Waals surface area contributed by atoms with Crippen LogP contribution in [0.1, 0.15) is 71.6 Å². The summed E-state index contributed by atoms with van der Waals surface area (Å²) in [4.78, 5) is 38.6. The van der Waals surface area contributed by atoms with Gasteiger partial charge in [0.1, 0.15) is 11.5 Å². The van der Waals surface area contributed by atoms with Crippen LogP contribution in [0, 0.1) is 12.7 Å². The lowest BCUT2D eigenvalue weighted by atomic mass is 9.68. The van der Waals surface area contributed by atoms with Crippen molar-refractivity contribution in [3.05, 3.63) is 52.6 Å². The molecule has 1 aliphatic carbocycles. The molecule has 32 heavy (non-hydrogen) atoms. The molecule has 0 radical (unpaired) electrons. The van der Waals surface area contributed by atoms with E-state index in [4.69, 9.17) is 0 Å². The van der Waals surface area contributed by atoms with Gasteiger partial charge in [-0.25, -0.2) is 8.78 Å². The van der Waals surface area contributed by atoms with Gasteiger partial charge in [0.2, 0.25) is 0 Å². The first-order valence-electron chi connectivity index (χ1n) is 10.8. The SMILES string of the molecule is Cc1cc(NC(=O)c2cc(C(=O)C(=O)NC3(C)CC(C)(F)C3)n3c2CCCC3)ccc1F. The van der Waals surface area contributed by atoms with Gasteiger partial charge in [0.15, 0.2) is 0 Å². The summed E-state index contributed by atoms with van der Waals surface area (Å²) in [5.41, 5.74) is -0.0598. The molecule has 2 N–H and O–H groups in total. The number of Topliss-reactive ketones (excluding diaryl/α,β-unsaturated/α-hetero) is 1. The number of ketones is 1. The lowest BCUT2D eigenvalue weighted by Crippen LogP contribution is -2.61. The van der Waals surface area contributed by atoms with Crippen molar-refractivity contribution in [2.24, 2.45) is 0 Å². The Bertz CT molecular complexity index is 1110. The molecular weight excluding hydrogens is 416 g/mol. The molecule has 0 unspecified atom stereocenters. The highest BCUT2D eigenvalue weighted by atomic mass is 19.1. The van der Waals surface area contributed by atoms with Crippen LogP contribution in [0.2, 0.25) is 0 Å². The average Bonchev–Trinajstić information content (AvgIpc) is 3.08. The topological polar surface area (TPSA) is 80.2 Å². The fraction of sp³-hybridized carbons (Fsp3) is 0.458. The molecule has 8 heteroatoms. The number of hydrogen-bond acceptors (Lipinski definition) is 3. The van der Waals surface area contributed by atoms with Crippen LogP contribution in [0.4, 0.5) is 14.5 Å². The molecule has 6 nitrogen and oxygen atoms in total. The Labute approximate surface area is 185 Å². The number of aryl methyl sites for hydroxylation is 1. The van der Waals surface area contributed by atoms with E-state index in [-0.39, 0.29) is 24.4 Å².